The van der Waals surface area contributed by atoms with Crippen LogP contribution in [0.15, 0.2) is 54.6 Å². The first kappa shape index (κ1) is 21.0. The molecular formula is C24H29FN2O2. The van der Waals surface area contributed by atoms with E-state index in [9.17, 15) is 14.0 Å². The number of benzene rings is 2. The molecule has 0 aromatic heterocycles. The van der Waals surface area contributed by atoms with Crippen molar-refractivity contribution in [2.75, 3.05) is 0 Å². The molecule has 0 heterocycles. The molecule has 0 spiro atoms. The Labute approximate surface area is 172 Å². The molecule has 2 aromatic rings. The molecule has 1 N–H and O–H groups in total. The lowest BCUT2D eigenvalue weighted by molar-refractivity contribution is -0.141. The van der Waals surface area contributed by atoms with E-state index >= 15 is 0 Å². The molecule has 154 valence electrons. The normalized spacial score (nSPS) is 15.1. The van der Waals surface area contributed by atoms with Gasteiger partial charge in [-0.25, -0.2) is 4.39 Å². The van der Waals surface area contributed by atoms with Gasteiger partial charge in [0.15, 0.2) is 0 Å². The van der Waals surface area contributed by atoms with Gasteiger partial charge in [-0.15, -0.1) is 0 Å². The molecule has 2 aromatic carbocycles. The van der Waals surface area contributed by atoms with Gasteiger partial charge >= 0.3 is 0 Å². The summed E-state index contributed by atoms with van der Waals surface area (Å²) in [6.07, 6.45) is 5.02. The van der Waals surface area contributed by atoms with Crippen molar-refractivity contribution in [2.24, 2.45) is 0 Å². The fraction of sp³-hybridized carbons (Fsp3) is 0.417. The largest absolute Gasteiger partial charge is 0.352 e. The van der Waals surface area contributed by atoms with Crippen LogP contribution in [0.2, 0.25) is 0 Å². The molecule has 3 rings (SSSR count). The molecule has 0 unspecified atom stereocenters. The SMILES string of the molecule is CC[C@H](C(=O)NC1CCCC1)N(Cc1ccc(F)cc1)C(=O)Cc1ccccc1. The predicted octanol–water partition coefficient (Wildman–Crippen LogP) is 4.23. The molecular weight excluding hydrogens is 367 g/mol. The predicted molar refractivity (Wildman–Crippen MR) is 112 cm³/mol. The molecule has 0 radical (unpaired) electrons. The second-order valence-electron chi connectivity index (χ2n) is 7.72. The van der Waals surface area contributed by atoms with Crippen LogP contribution >= 0.6 is 0 Å². The molecule has 1 atom stereocenters. The van der Waals surface area contributed by atoms with Gasteiger partial charge in [0, 0.05) is 12.6 Å². The molecule has 29 heavy (non-hydrogen) atoms. The fourth-order valence-electron chi connectivity index (χ4n) is 3.95. The van der Waals surface area contributed by atoms with Gasteiger partial charge in [-0.05, 0) is 42.5 Å². The van der Waals surface area contributed by atoms with Gasteiger partial charge in [0.05, 0.1) is 6.42 Å². The average Bonchev–Trinajstić information content (AvgIpc) is 3.23. The van der Waals surface area contributed by atoms with Crippen LogP contribution in [0.25, 0.3) is 0 Å². The summed E-state index contributed by atoms with van der Waals surface area (Å²) in [6.45, 7) is 2.20. The standard InChI is InChI=1S/C24H29FN2O2/c1-2-22(24(29)26-21-10-6-7-11-21)27(17-19-12-14-20(25)15-13-19)23(28)16-18-8-4-3-5-9-18/h3-5,8-9,12-15,21-22H,2,6-7,10-11,16-17H2,1H3,(H,26,29)/t22-/m1/s1. The molecule has 1 saturated carbocycles. The highest BCUT2D eigenvalue weighted by atomic mass is 19.1. The molecule has 0 saturated heterocycles. The summed E-state index contributed by atoms with van der Waals surface area (Å²) in [5, 5.41) is 3.13. The van der Waals surface area contributed by atoms with E-state index in [1.54, 1.807) is 17.0 Å². The van der Waals surface area contributed by atoms with Crippen LogP contribution in [0.4, 0.5) is 4.39 Å². The van der Waals surface area contributed by atoms with Gasteiger partial charge in [0.25, 0.3) is 0 Å². The highest BCUT2D eigenvalue weighted by Crippen LogP contribution is 2.20. The van der Waals surface area contributed by atoms with Gasteiger partial charge in [-0.1, -0.05) is 62.2 Å². The maximum atomic E-state index is 13.3. The number of rotatable bonds is 8. The second-order valence-corrected chi connectivity index (χ2v) is 7.72. The van der Waals surface area contributed by atoms with E-state index in [-0.39, 0.29) is 36.6 Å². The summed E-state index contributed by atoms with van der Waals surface area (Å²) in [4.78, 5) is 27.8. The minimum Gasteiger partial charge on any atom is -0.352 e. The van der Waals surface area contributed by atoms with E-state index in [0.29, 0.717) is 6.42 Å². The van der Waals surface area contributed by atoms with E-state index in [0.717, 1.165) is 36.8 Å². The van der Waals surface area contributed by atoms with E-state index in [4.69, 9.17) is 0 Å². The summed E-state index contributed by atoms with van der Waals surface area (Å²) in [5.74, 6) is -0.515. The van der Waals surface area contributed by atoms with E-state index < -0.39 is 6.04 Å². The lowest BCUT2D eigenvalue weighted by atomic mass is 10.1. The van der Waals surface area contributed by atoms with Crippen molar-refractivity contribution >= 4 is 11.8 Å². The van der Waals surface area contributed by atoms with Crippen LogP contribution in [0.1, 0.15) is 50.2 Å². The van der Waals surface area contributed by atoms with Gasteiger partial charge in [0.1, 0.15) is 11.9 Å². The first-order valence-electron chi connectivity index (χ1n) is 10.4. The average molecular weight is 397 g/mol. The zero-order chi connectivity index (χ0) is 20.6. The Bertz CT molecular complexity index is 801. The van der Waals surface area contributed by atoms with Crippen LogP contribution in [0.3, 0.4) is 0 Å². The van der Waals surface area contributed by atoms with E-state index in [2.05, 4.69) is 5.32 Å². The Kier molecular flexibility index (Phi) is 7.39. The maximum Gasteiger partial charge on any atom is 0.243 e. The van der Waals surface area contributed by atoms with Crippen molar-refractivity contribution in [3.8, 4) is 0 Å². The number of halogens is 1. The van der Waals surface area contributed by atoms with Crippen LogP contribution < -0.4 is 5.32 Å². The zero-order valence-corrected chi connectivity index (χ0v) is 16.9. The van der Waals surface area contributed by atoms with Crippen LogP contribution in [0.5, 0.6) is 0 Å². The molecule has 1 aliphatic carbocycles. The number of amides is 2. The fourth-order valence-corrected chi connectivity index (χ4v) is 3.95. The molecule has 0 bridgehead atoms. The first-order chi connectivity index (χ1) is 14.1. The summed E-state index contributed by atoms with van der Waals surface area (Å²) in [6, 6.07) is 15.3. The van der Waals surface area contributed by atoms with Crippen LogP contribution in [-0.4, -0.2) is 28.8 Å². The first-order valence-corrected chi connectivity index (χ1v) is 10.4. The molecule has 5 heteroatoms. The summed E-state index contributed by atoms with van der Waals surface area (Å²) in [5.41, 5.74) is 1.72. The number of nitrogens with zero attached hydrogens (tertiary/aromatic N) is 1. The van der Waals surface area contributed by atoms with Crippen molar-refractivity contribution in [3.63, 3.8) is 0 Å². The highest BCUT2D eigenvalue weighted by Gasteiger charge is 2.30. The van der Waals surface area contributed by atoms with Crippen molar-refractivity contribution < 1.29 is 14.0 Å². The molecule has 1 fully saturated rings. The van der Waals surface area contributed by atoms with Crippen LogP contribution in [0, 0.1) is 5.82 Å². The topological polar surface area (TPSA) is 49.4 Å². The second kappa shape index (κ2) is 10.2. The smallest absolute Gasteiger partial charge is 0.243 e. The number of hydrogen-bond donors (Lipinski definition) is 1. The molecule has 2 amide bonds. The summed E-state index contributed by atoms with van der Waals surface area (Å²) < 4.78 is 13.3. The van der Waals surface area contributed by atoms with Crippen molar-refractivity contribution in [1.82, 2.24) is 10.2 Å². The summed E-state index contributed by atoms with van der Waals surface area (Å²) in [7, 11) is 0. The summed E-state index contributed by atoms with van der Waals surface area (Å²) >= 11 is 0. The molecule has 0 aliphatic heterocycles. The quantitative estimate of drug-likeness (QED) is 0.726. The van der Waals surface area contributed by atoms with Gasteiger partial charge < -0.3 is 10.2 Å². The van der Waals surface area contributed by atoms with Crippen molar-refractivity contribution in [3.05, 3.63) is 71.5 Å². The Morgan fingerprint density at radius 3 is 2.31 bits per heavy atom. The molecule has 1 aliphatic rings. The minimum absolute atomic E-state index is 0.0945. The Balaban J connectivity index is 1.79. The number of hydrogen-bond acceptors (Lipinski definition) is 2. The number of carbonyl (C=O) groups excluding carboxylic acids is 2. The number of nitrogens with one attached hydrogen (secondary N) is 1. The Morgan fingerprint density at radius 1 is 1.03 bits per heavy atom. The lowest BCUT2D eigenvalue weighted by Gasteiger charge is -2.31. The third-order valence-electron chi connectivity index (χ3n) is 5.55. The lowest BCUT2D eigenvalue weighted by Crippen LogP contribution is -2.51. The highest BCUT2D eigenvalue weighted by molar-refractivity contribution is 5.88. The van der Waals surface area contributed by atoms with Crippen LogP contribution in [-0.2, 0) is 22.6 Å². The third kappa shape index (κ3) is 5.89. The van der Waals surface area contributed by atoms with Gasteiger partial charge in [-0.2, -0.15) is 0 Å². The number of carbonyl (C=O) groups is 2. The molecule has 4 nitrogen and oxygen atoms in total. The van der Waals surface area contributed by atoms with Gasteiger partial charge in [-0.3, -0.25) is 9.59 Å². The monoisotopic (exact) mass is 396 g/mol. The van der Waals surface area contributed by atoms with Crippen molar-refractivity contribution in [2.45, 2.75) is 64.1 Å². The van der Waals surface area contributed by atoms with Crippen molar-refractivity contribution in [1.29, 1.82) is 0 Å². The van der Waals surface area contributed by atoms with E-state index in [1.165, 1.54) is 12.1 Å². The Hall–Kier alpha value is -2.69. The third-order valence-corrected chi connectivity index (χ3v) is 5.55. The van der Waals surface area contributed by atoms with Gasteiger partial charge in [0.2, 0.25) is 11.8 Å². The minimum atomic E-state index is -0.545. The Morgan fingerprint density at radius 2 is 1.69 bits per heavy atom. The zero-order valence-electron chi connectivity index (χ0n) is 16.9. The maximum absolute atomic E-state index is 13.3. The van der Waals surface area contributed by atoms with E-state index in [1.807, 2.05) is 37.3 Å².